The lowest BCUT2D eigenvalue weighted by Gasteiger charge is -2.10. The van der Waals surface area contributed by atoms with Crippen molar-refractivity contribution in [1.82, 2.24) is 4.98 Å². The van der Waals surface area contributed by atoms with Crippen LogP contribution >= 0.6 is 11.3 Å². The van der Waals surface area contributed by atoms with Crippen LogP contribution in [0.15, 0.2) is 29.6 Å². The molecular formula is C15H17NO3S. The average Bonchev–Trinajstić information content (AvgIpc) is 2.94. The zero-order chi connectivity index (χ0) is 14.5. The summed E-state index contributed by atoms with van der Waals surface area (Å²) < 4.78 is 5.60. The number of aromatic carboxylic acids is 1. The fourth-order valence-corrected chi connectivity index (χ4v) is 2.40. The number of hydrogen-bond donors (Lipinski definition) is 1. The van der Waals surface area contributed by atoms with Gasteiger partial charge < -0.3 is 9.84 Å². The molecule has 0 radical (unpaired) electrons. The lowest BCUT2D eigenvalue weighted by molar-refractivity contribution is 0.0696. The maximum atomic E-state index is 10.7. The quantitative estimate of drug-likeness (QED) is 0.876. The fourth-order valence-electron chi connectivity index (χ4n) is 1.76. The van der Waals surface area contributed by atoms with E-state index in [4.69, 9.17) is 9.84 Å². The molecular weight excluding hydrogens is 274 g/mol. The Kier molecular flexibility index (Phi) is 4.74. The molecule has 5 heteroatoms. The molecule has 0 saturated heterocycles. The molecule has 1 aromatic heterocycles. The number of thiazole rings is 1. The summed E-state index contributed by atoms with van der Waals surface area (Å²) in [4.78, 5) is 14.7. The summed E-state index contributed by atoms with van der Waals surface area (Å²) in [5.41, 5.74) is 1.93. The first-order valence-corrected chi connectivity index (χ1v) is 7.38. The summed E-state index contributed by atoms with van der Waals surface area (Å²) >= 11 is 1.11. The lowest BCUT2D eigenvalue weighted by Crippen LogP contribution is -1.99. The van der Waals surface area contributed by atoms with Gasteiger partial charge in [-0.2, -0.15) is 0 Å². The molecule has 0 fully saturated rings. The van der Waals surface area contributed by atoms with Crippen LogP contribution in [-0.4, -0.2) is 16.1 Å². The number of ether oxygens (including phenoxy) is 1. The third kappa shape index (κ3) is 3.57. The monoisotopic (exact) mass is 291 g/mol. The molecule has 0 aliphatic rings. The zero-order valence-corrected chi connectivity index (χ0v) is 12.3. The molecule has 1 aromatic carbocycles. The van der Waals surface area contributed by atoms with Crippen LogP contribution in [0.5, 0.6) is 5.75 Å². The molecule has 1 N–H and O–H groups in total. The van der Waals surface area contributed by atoms with Gasteiger partial charge in [0.15, 0.2) is 0 Å². The van der Waals surface area contributed by atoms with E-state index in [1.807, 2.05) is 12.1 Å². The highest BCUT2D eigenvalue weighted by molar-refractivity contribution is 7.11. The summed E-state index contributed by atoms with van der Waals surface area (Å²) in [7, 11) is 0. The van der Waals surface area contributed by atoms with Crippen molar-refractivity contribution in [3.05, 3.63) is 45.9 Å². The summed E-state index contributed by atoms with van der Waals surface area (Å²) in [5.74, 6) is 0.307. The number of carboxylic acid groups (broad SMARTS) is 1. The number of benzene rings is 1. The first-order chi connectivity index (χ1) is 9.60. The van der Waals surface area contributed by atoms with Crippen LogP contribution in [0.25, 0.3) is 0 Å². The van der Waals surface area contributed by atoms with Crippen LogP contribution in [0.3, 0.4) is 0 Å². The molecule has 4 nitrogen and oxygen atoms in total. The summed E-state index contributed by atoms with van der Waals surface area (Å²) in [5, 5.41) is 10.6. The van der Waals surface area contributed by atoms with Crippen molar-refractivity contribution in [2.24, 2.45) is 0 Å². The highest BCUT2D eigenvalue weighted by Crippen LogP contribution is 2.22. The second kappa shape index (κ2) is 6.52. The predicted octanol–water partition coefficient (Wildman–Crippen LogP) is 3.93. The standard InChI is InChI=1S/C15H17NO3S/c1-3-10(2)11-4-6-13(7-5-11)19-8-12-9-20-14(16-12)15(17)18/h4-7,9-10H,3,8H2,1-2H3,(H,17,18). The number of nitrogens with zero attached hydrogens (tertiary/aromatic N) is 1. The van der Waals surface area contributed by atoms with Crippen molar-refractivity contribution < 1.29 is 14.6 Å². The smallest absolute Gasteiger partial charge is 0.365 e. The van der Waals surface area contributed by atoms with Crippen molar-refractivity contribution in [2.75, 3.05) is 0 Å². The first kappa shape index (κ1) is 14.5. The van der Waals surface area contributed by atoms with Crippen molar-refractivity contribution in [3.63, 3.8) is 0 Å². The van der Waals surface area contributed by atoms with Gasteiger partial charge in [-0.1, -0.05) is 26.0 Å². The van der Waals surface area contributed by atoms with Gasteiger partial charge in [-0.3, -0.25) is 0 Å². The van der Waals surface area contributed by atoms with Crippen LogP contribution < -0.4 is 4.74 Å². The van der Waals surface area contributed by atoms with Gasteiger partial charge in [-0.25, -0.2) is 9.78 Å². The molecule has 0 spiro atoms. The fraction of sp³-hybridized carbons (Fsp3) is 0.333. The first-order valence-electron chi connectivity index (χ1n) is 6.50. The Hall–Kier alpha value is -1.88. The molecule has 0 bridgehead atoms. The third-order valence-corrected chi connectivity index (χ3v) is 4.06. The predicted molar refractivity (Wildman–Crippen MR) is 78.6 cm³/mol. The Morgan fingerprint density at radius 3 is 2.65 bits per heavy atom. The van der Waals surface area contributed by atoms with E-state index in [9.17, 15) is 4.79 Å². The van der Waals surface area contributed by atoms with Gasteiger partial charge >= 0.3 is 5.97 Å². The Morgan fingerprint density at radius 2 is 2.10 bits per heavy atom. The van der Waals surface area contributed by atoms with Gasteiger partial charge in [0.25, 0.3) is 0 Å². The van der Waals surface area contributed by atoms with E-state index in [0.29, 0.717) is 11.6 Å². The number of hydrogen-bond acceptors (Lipinski definition) is 4. The molecule has 1 heterocycles. The topological polar surface area (TPSA) is 59.4 Å². The van der Waals surface area contributed by atoms with Crippen molar-refractivity contribution in [1.29, 1.82) is 0 Å². The minimum Gasteiger partial charge on any atom is -0.487 e. The highest BCUT2D eigenvalue weighted by Gasteiger charge is 2.09. The second-order valence-electron chi connectivity index (χ2n) is 4.62. The molecule has 2 rings (SSSR count). The van der Waals surface area contributed by atoms with Crippen molar-refractivity contribution >= 4 is 17.3 Å². The lowest BCUT2D eigenvalue weighted by atomic mass is 9.99. The van der Waals surface area contributed by atoms with Crippen LogP contribution in [-0.2, 0) is 6.61 Å². The van der Waals surface area contributed by atoms with E-state index >= 15 is 0 Å². The Bertz CT molecular complexity index is 577. The molecule has 0 aliphatic heterocycles. The van der Waals surface area contributed by atoms with Gasteiger partial charge in [0.1, 0.15) is 12.4 Å². The van der Waals surface area contributed by atoms with Gasteiger partial charge in [-0.15, -0.1) is 11.3 Å². The van der Waals surface area contributed by atoms with Gasteiger partial charge in [0.2, 0.25) is 5.01 Å². The Morgan fingerprint density at radius 1 is 1.40 bits per heavy atom. The van der Waals surface area contributed by atoms with Crippen LogP contribution in [0.4, 0.5) is 0 Å². The molecule has 1 atom stereocenters. The maximum Gasteiger partial charge on any atom is 0.365 e. The van der Waals surface area contributed by atoms with E-state index < -0.39 is 5.97 Å². The van der Waals surface area contributed by atoms with E-state index in [-0.39, 0.29) is 11.6 Å². The number of carbonyl (C=O) groups is 1. The highest BCUT2D eigenvalue weighted by atomic mass is 32.1. The number of aromatic nitrogens is 1. The number of carboxylic acids is 1. The van der Waals surface area contributed by atoms with E-state index in [2.05, 4.69) is 31.0 Å². The number of rotatable bonds is 6. The van der Waals surface area contributed by atoms with E-state index in [1.165, 1.54) is 5.56 Å². The van der Waals surface area contributed by atoms with Gasteiger partial charge in [0, 0.05) is 5.38 Å². The van der Waals surface area contributed by atoms with Crippen molar-refractivity contribution in [2.45, 2.75) is 32.8 Å². The minimum absolute atomic E-state index is 0.0933. The van der Waals surface area contributed by atoms with Crippen LogP contribution in [0, 0.1) is 0 Å². The molecule has 2 aromatic rings. The van der Waals surface area contributed by atoms with E-state index in [0.717, 1.165) is 23.5 Å². The van der Waals surface area contributed by atoms with Gasteiger partial charge in [0.05, 0.1) is 5.69 Å². The van der Waals surface area contributed by atoms with E-state index in [1.54, 1.807) is 5.38 Å². The summed E-state index contributed by atoms with van der Waals surface area (Å²) in [6.07, 6.45) is 1.11. The molecule has 106 valence electrons. The zero-order valence-electron chi connectivity index (χ0n) is 11.5. The minimum atomic E-state index is -1.00. The Labute approximate surface area is 122 Å². The molecule has 0 aliphatic carbocycles. The molecule has 0 saturated carbocycles. The average molecular weight is 291 g/mol. The normalized spacial score (nSPS) is 12.1. The SMILES string of the molecule is CCC(C)c1ccc(OCc2csc(C(=O)O)n2)cc1. The second-order valence-corrected chi connectivity index (χ2v) is 5.47. The van der Waals surface area contributed by atoms with Crippen molar-refractivity contribution in [3.8, 4) is 5.75 Å². The summed E-state index contributed by atoms with van der Waals surface area (Å²) in [6.45, 7) is 4.64. The van der Waals surface area contributed by atoms with Gasteiger partial charge in [-0.05, 0) is 30.0 Å². The third-order valence-electron chi connectivity index (χ3n) is 3.18. The molecule has 0 amide bonds. The largest absolute Gasteiger partial charge is 0.487 e. The Balaban J connectivity index is 1.94. The molecule has 20 heavy (non-hydrogen) atoms. The summed E-state index contributed by atoms with van der Waals surface area (Å²) in [6, 6.07) is 8.00. The molecule has 1 unspecified atom stereocenters. The van der Waals surface area contributed by atoms with Crippen LogP contribution in [0.2, 0.25) is 0 Å². The van der Waals surface area contributed by atoms with Crippen LogP contribution in [0.1, 0.15) is 47.2 Å². The maximum absolute atomic E-state index is 10.7.